The normalized spacial score (nSPS) is 33.9. The highest BCUT2D eigenvalue weighted by molar-refractivity contribution is 6.02. The van der Waals surface area contributed by atoms with Gasteiger partial charge in [0.25, 0.3) is 0 Å². The van der Waals surface area contributed by atoms with E-state index in [1.807, 2.05) is 17.0 Å². The maximum absolute atomic E-state index is 12.7. The fraction of sp³-hybridized carbons (Fsp3) is 0.500. The molecule has 1 aromatic rings. The molecule has 3 aliphatic rings. The number of piperidine rings is 1. The van der Waals surface area contributed by atoms with Gasteiger partial charge in [-0.2, -0.15) is 0 Å². The number of benzene rings is 1. The summed E-state index contributed by atoms with van der Waals surface area (Å²) < 4.78 is 0. The maximum Gasteiger partial charge on any atom is 0.232 e. The average molecular weight is 270 g/mol. The second kappa shape index (κ2) is 3.84. The molecule has 2 aliphatic heterocycles. The number of hydrogen-bond donors (Lipinski definition) is 1. The van der Waals surface area contributed by atoms with Gasteiger partial charge in [-0.1, -0.05) is 18.2 Å². The predicted molar refractivity (Wildman–Crippen MR) is 75.3 cm³/mol. The molecular weight excluding hydrogens is 252 g/mol. The van der Waals surface area contributed by atoms with Crippen molar-refractivity contribution in [1.82, 2.24) is 5.32 Å². The summed E-state index contributed by atoms with van der Waals surface area (Å²) in [6.45, 7) is 1.53. The second-order valence-electron chi connectivity index (χ2n) is 6.35. The topological polar surface area (TPSA) is 49.4 Å². The number of carbonyl (C=O) groups excluding carboxylic acids is 2. The summed E-state index contributed by atoms with van der Waals surface area (Å²) in [7, 11) is 0. The second-order valence-corrected chi connectivity index (χ2v) is 6.35. The first-order valence-electron chi connectivity index (χ1n) is 7.30. The molecule has 1 aliphatic carbocycles. The fourth-order valence-corrected chi connectivity index (χ4v) is 4.44. The number of rotatable bonds is 1. The van der Waals surface area contributed by atoms with Gasteiger partial charge in [-0.05, 0) is 37.3 Å². The highest BCUT2D eigenvalue weighted by atomic mass is 16.2. The SMILES string of the molecule is CC(=O)N[C@@H]1C[C@@]23CCc4ccccc4N2C(=O)[C@@H]1C3. The van der Waals surface area contributed by atoms with E-state index in [4.69, 9.17) is 0 Å². The zero-order valence-electron chi connectivity index (χ0n) is 11.6. The molecule has 1 saturated carbocycles. The standard InChI is InChI=1S/C16H18N2O2/c1-10(19)17-13-9-16-7-6-11-4-2-3-5-14(11)18(16)15(20)12(13)8-16/h2-5,12-13H,6-9H2,1H3,(H,17,19)/t12-,13-,16+/m1/s1. The van der Waals surface area contributed by atoms with Gasteiger partial charge in [-0.3, -0.25) is 9.59 Å². The van der Waals surface area contributed by atoms with Crippen molar-refractivity contribution in [2.75, 3.05) is 4.90 Å². The Morgan fingerprint density at radius 3 is 2.95 bits per heavy atom. The number of nitrogens with zero attached hydrogens (tertiary/aromatic N) is 1. The first-order valence-corrected chi connectivity index (χ1v) is 7.30. The molecule has 104 valence electrons. The van der Waals surface area contributed by atoms with Gasteiger partial charge in [0.1, 0.15) is 0 Å². The van der Waals surface area contributed by atoms with Crippen molar-refractivity contribution in [2.24, 2.45) is 5.92 Å². The highest BCUT2D eigenvalue weighted by Gasteiger charge is 2.61. The third-order valence-electron chi connectivity index (χ3n) is 5.18. The van der Waals surface area contributed by atoms with E-state index in [0.717, 1.165) is 31.4 Å². The quantitative estimate of drug-likeness (QED) is 0.843. The molecule has 2 fully saturated rings. The van der Waals surface area contributed by atoms with Crippen LogP contribution in [0.15, 0.2) is 24.3 Å². The van der Waals surface area contributed by atoms with Crippen LogP contribution in [-0.4, -0.2) is 23.4 Å². The van der Waals surface area contributed by atoms with Crippen molar-refractivity contribution in [3.05, 3.63) is 29.8 Å². The molecule has 4 rings (SSSR count). The lowest BCUT2D eigenvalue weighted by molar-refractivity contribution is -0.124. The van der Waals surface area contributed by atoms with Crippen molar-refractivity contribution in [2.45, 2.75) is 44.2 Å². The molecule has 4 heteroatoms. The van der Waals surface area contributed by atoms with Crippen LogP contribution in [0.5, 0.6) is 0 Å². The Kier molecular flexibility index (Phi) is 2.29. The van der Waals surface area contributed by atoms with E-state index in [1.54, 1.807) is 0 Å². The highest BCUT2D eigenvalue weighted by Crippen LogP contribution is 2.54. The van der Waals surface area contributed by atoms with E-state index in [0.29, 0.717) is 0 Å². The van der Waals surface area contributed by atoms with Gasteiger partial charge in [0, 0.05) is 18.7 Å². The lowest BCUT2D eigenvalue weighted by Gasteiger charge is -2.45. The summed E-state index contributed by atoms with van der Waals surface area (Å²) in [5.41, 5.74) is 2.31. The van der Waals surface area contributed by atoms with Crippen LogP contribution in [0.25, 0.3) is 0 Å². The first kappa shape index (κ1) is 11.9. The van der Waals surface area contributed by atoms with Gasteiger partial charge in [0.2, 0.25) is 11.8 Å². The molecule has 1 spiro atoms. The van der Waals surface area contributed by atoms with E-state index in [9.17, 15) is 9.59 Å². The van der Waals surface area contributed by atoms with Crippen LogP contribution in [0.1, 0.15) is 31.7 Å². The zero-order valence-corrected chi connectivity index (χ0v) is 11.6. The van der Waals surface area contributed by atoms with Crippen LogP contribution >= 0.6 is 0 Å². The molecule has 4 nitrogen and oxygen atoms in total. The van der Waals surface area contributed by atoms with E-state index >= 15 is 0 Å². The molecule has 1 saturated heterocycles. The lowest BCUT2D eigenvalue weighted by Crippen LogP contribution is -2.56. The maximum atomic E-state index is 12.7. The molecule has 3 atom stereocenters. The third kappa shape index (κ3) is 1.42. The van der Waals surface area contributed by atoms with E-state index in [1.165, 1.54) is 12.5 Å². The Morgan fingerprint density at radius 1 is 1.35 bits per heavy atom. The number of anilines is 1. The van der Waals surface area contributed by atoms with Gasteiger partial charge >= 0.3 is 0 Å². The summed E-state index contributed by atoms with van der Waals surface area (Å²) in [6, 6.07) is 8.24. The number of aryl methyl sites for hydroxylation is 1. The molecule has 1 N–H and O–H groups in total. The number of fused-ring (bicyclic) bond motifs is 3. The Labute approximate surface area is 118 Å². The molecule has 2 amide bonds. The van der Waals surface area contributed by atoms with Crippen molar-refractivity contribution in [1.29, 1.82) is 0 Å². The summed E-state index contributed by atoms with van der Waals surface area (Å²) in [6.07, 6.45) is 3.84. The van der Waals surface area contributed by atoms with Gasteiger partial charge in [0.05, 0.1) is 11.5 Å². The van der Waals surface area contributed by atoms with E-state index in [-0.39, 0.29) is 29.3 Å². The minimum atomic E-state index is -0.0524. The molecule has 0 radical (unpaired) electrons. The third-order valence-corrected chi connectivity index (χ3v) is 5.18. The van der Waals surface area contributed by atoms with Crippen molar-refractivity contribution in [3.63, 3.8) is 0 Å². The molecule has 20 heavy (non-hydrogen) atoms. The van der Waals surface area contributed by atoms with E-state index < -0.39 is 0 Å². The zero-order chi connectivity index (χ0) is 13.9. The molecule has 0 unspecified atom stereocenters. The molecule has 1 aromatic carbocycles. The van der Waals surface area contributed by atoms with Gasteiger partial charge in [-0.25, -0.2) is 0 Å². The van der Waals surface area contributed by atoms with Crippen LogP contribution in [0.2, 0.25) is 0 Å². The van der Waals surface area contributed by atoms with Crippen molar-refractivity contribution in [3.8, 4) is 0 Å². The first-order chi connectivity index (χ1) is 9.61. The number of nitrogens with one attached hydrogen (secondary N) is 1. The van der Waals surface area contributed by atoms with Gasteiger partial charge in [0.15, 0.2) is 0 Å². The van der Waals surface area contributed by atoms with Gasteiger partial charge < -0.3 is 10.2 Å². The largest absolute Gasteiger partial charge is 0.353 e. The lowest BCUT2D eigenvalue weighted by atomic mass is 9.83. The average Bonchev–Trinajstić information content (AvgIpc) is 2.90. The summed E-state index contributed by atoms with van der Waals surface area (Å²) in [5.74, 6) is 0.127. The van der Waals surface area contributed by atoms with Crippen LogP contribution in [0.3, 0.4) is 0 Å². The molecule has 2 bridgehead atoms. The summed E-state index contributed by atoms with van der Waals surface area (Å²) in [4.78, 5) is 26.1. The minimum absolute atomic E-state index is 0.0292. The number of para-hydroxylation sites is 1. The van der Waals surface area contributed by atoms with Crippen LogP contribution < -0.4 is 10.2 Å². The Morgan fingerprint density at radius 2 is 2.15 bits per heavy atom. The monoisotopic (exact) mass is 270 g/mol. The number of hydrogen-bond acceptors (Lipinski definition) is 2. The summed E-state index contributed by atoms with van der Waals surface area (Å²) >= 11 is 0. The van der Waals surface area contributed by atoms with Crippen LogP contribution in [0, 0.1) is 5.92 Å². The molecule has 2 heterocycles. The molecule has 0 aromatic heterocycles. The van der Waals surface area contributed by atoms with Crippen LogP contribution in [-0.2, 0) is 16.0 Å². The Balaban J connectivity index is 1.73. The minimum Gasteiger partial charge on any atom is -0.353 e. The smallest absolute Gasteiger partial charge is 0.232 e. The summed E-state index contributed by atoms with van der Waals surface area (Å²) in [5, 5.41) is 2.97. The fourth-order valence-electron chi connectivity index (χ4n) is 4.44. The number of carbonyl (C=O) groups is 2. The molecular formula is C16H18N2O2. The van der Waals surface area contributed by atoms with Gasteiger partial charge in [-0.15, -0.1) is 0 Å². The Bertz CT molecular complexity index is 612. The van der Waals surface area contributed by atoms with Crippen LogP contribution in [0.4, 0.5) is 5.69 Å². The van der Waals surface area contributed by atoms with Crippen molar-refractivity contribution >= 4 is 17.5 Å². The predicted octanol–water partition coefficient (Wildman–Crippen LogP) is 1.63. The Hall–Kier alpha value is -1.84. The van der Waals surface area contributed by atoms with Crippen molar-refractivity contribution < 1.29 is 9.59 Å². The van der Waals surface area contributed by atoms with E-state index in [2.05, 4.69) is 17.4 Å². The number of amides is 2.